The molecule has 0 bridgehead atoms. The number of hydrogen-bond acceptors (Lipinski definition) is 2. The van der Waals surface area contributed by atoms with Crippen molar-refractivity contribution in [2.24, 2.45) is 0 Å². The third kappa shape index (κ3) is 5.62. The summed E-state index contributed by atoms with van der Waals surface area (Å²) in [6.45, 7) is 5.27. The van der Waals surface area contributed by atoms with Crippen LogP contribution in [0.3, 0.4) is 0 Å². The lowest BCUT2D eigenvalue weighted by atomic mass is 9.87. The number of carbonyl (C=O) groups is 1. The van der Waals surface area contributed by atoms with Gasteiger partial charge < -0.3 is 4.74 Å². The summed E-state index contributed by atoms with van der Waals surface area (Å²) in [5.41, 5.74) is -0.165. The molecule has 0 heterocycles. The summed E-state index contributed by atoms with van der Waals surface area (Å²) >= 11 is 0. The van der Waals surface area contributed by atoms with Crippen LogP contribution < -0.4 is 0 Å². The van der Waals surface area contributed by atoms with Gasteiger partial charge in [-0.3, -0.25) is 4.79 Å². The molecule has 0 unspecified atom stereocenters. The van der Waals surface area contributed by atoms with E-state index < -0.39 is 29.2 Å². The minimum absolute atomic E-state index is 0.0252. The summed E-state index contributed by atoms with van der Waals surface area (Å²) in [4.78, 5) is 12.3. The Morgan fingerprint density at radius 1 is 0.960 bits per heavy atom. The Labute approximate surface area is 145 Å². The van der Waals surface area contributed by atoms with Crippen molar-refractivity contribution in [1.29, 1.82) is 0 Å². The zero-order chi connectivity index (χ0) is 18.7. The molecular weight excluding hydrogens is 329 g/mol. The molecule has 0 fully saturated rings. The van der Waals surface area contributed by atoms with E-state index in [4.69, 9.17) is 4.74 Å². The Morgan fingerprint density at radius 2 is 1.56 bits per heavy atom. The number of rotatable bonds is 4. The Morgan fingerprint density at radius 3 is 2.12 bits per heavy atom. The van der Waals surface area contributed by atoms with E-state index >= 15 is 0 Å². The lowest BCUT2D eigenvalue weighted by molar-refractivity contribution is -0.155. The third-order valence-corrected chi connectivity index (χ3v) is 3.61. The fourth-order valence-corrected chi connectivity index (χ4v) is 2.60. The molecule has 1 atom stereocenters. The first kappa shape index (κ1) is 19.0. The summed E-state index contributed by atoms with van der Waals surface area (Å²) in [6, 6.07) is 14.1. The van der Waals surface area contributed by atoms with E-state index in [1.165, 1.54) is 6.07 Å². The van der Waals surface area contributed by atoms with Gasteiger partial charge in [0.05, 0.1) is 12.0 Å². The molecule has 0 radical (unpaired) electrons. The van der Waals surface area contributed by atoms with Crippen molar-refractivity contribution < 1.29 is 22.7 Å². The molecule has 2 rings (SSSR count). The van der Waals surface area contributed by atoms with Crippen molar-refractivity contribution in [2.45, 2.75) is 44.9 Å². The maximum atomic E-state index is 13.0. The van der Waals surface area contributed by atoms with E-state index in [0.717, 1.165) is 17.7 Å². The summed E-state index contributed by atoms with van der Waals surface area (Å²) in [5, 5.41) is 0. The molecule has 0 saturated heterocycles. The standard InChI is InChI=1S/C20H21F3O2/c1-19(2,3)25-18(24)13-17(14-8-5-4-6-9-14)15-10-7-11-16(12-15)20(21,22)23/h4-12,17H,13H2,1-3H3/t17-/m1/s1. The van der Waals surface area contributed by atoms with Gasteiger partial charge in [0, 0.05) is 5.92 Å². The third-order valence-electron chi connectivity index (χ3n) is 3.61. The molecule has 2 aromatic rings. The van der Waals surface area contributed by atoms with Crippen molar-refractivity contribution >= 4 is 5.97 Å². The molecule has 0 N–H and O–H groups in total. The van der Waals surface area contributed by atoms with Crippen molar-refractivity contribution in [3.8, 4) is 0 Å². The number of benzene rings is 2. The molecule has 0 aliphatic heterocycles. The number of esters is 1. The van der Waals surface area contributed by atoms with Gasteiger partial charge in [0.15, 0.2) is 0 Å². The summed E-state index contributed by atoms with van der Waals surface area (Å²) in [6.07, 6.45) is -4.45. The lowest BCUT2D eigenvalue weighted by Crippen LogP contribution is -2.25. The van der Waals surface area contributed by atoms with E-state index in [9.17, 15) is 18.0 Å². The highest BCUT2D eigenvalue weighted by atomic mass is 19.4. The van der Waals surface area contributed by atoms with Gasteiger partial charge in [-0.2, -0.15) is 13.2 Å². The summed E-state index contributed by atoms with van der Waals surface area (Å²) in [7, 11) is 0. The molecule has 134 valence electrons. The first-order valence-corrected chi connectivity index (χ1v) is 8.00. The van der Waals surface area contributed by atoms with E-state index in [1.807, 2.05) is 6.07 Å². The highest BCUT2D eigenvalue weighted by molar-refractivity contribution is 5.72. The fourth-order valence-electron chi connectivity index (χ4n) is 2.60. The van der Waals surface area contributed by atoms with Crippen LogP contribution in [0, 0.1) is 0 Å². The second-order valence-corrected chi connectivity index (χ2v) is 6.88. The Bertz CT molecular complexity index is 716. The number of hydrogen-bond donors (Lipinski definition) is 0. The van der Waals surface area contributed by atoms with Crippen LogP contribution >= 0.6 is 0 Å². The minimum Gasteiger partial charge on any atom is -0.460 e. The Hall–Kier alpha value is -2.30. The number of ether oxygens (including phenoxy) is 1. The number of alkyl halides is 3. The fraction of sp³-hybridized carbons (Fsp3) is 0.350. The van der Waals surface area contributed by atoms with E-state index in [-0.39, 0.29) is 6.42 Å². The van der Waals surface area contributed by atoms with Gasteiger partial charge in [0.2, 0.25) is 0 Å². The maximum Gasteiger partial charge on any atom is 0.416 e. The van der Waals surface area contributed by atoms with Crippen molar-refractivity contribution in [3.63, 3.8) is 0 Å². The van der Waals surface area contributed by atoms with Crippen LogP contribution in [0.1, 0.15) is 49.8 Å². The lowest BCUT2D eigenvalue weighted by Gasteiger charge is -2.23. The quantitative estimate of drug-likeness (QED) is 0.674. The second kappa shape index (κ2) is 7.30. The van der Waals surface area contributed by atoms with Gasteiger partial charge in [-0.1, -0.05) is 48.5 Å². The van der Waals surface area contributed by atoms with Gasteiger partial charge in [-0.15, -0.1) is 0 Å². The molecule has 0 aromatic heterocycles. The zero-order valence-electron chi connectivity index (χ0n) is 14.4. The minimum atomic E-state index is -4.43. The number of halogens is 3. The zero-order valence-corrected chi connectivity index (χ0v) is 14.4. The normalized spacial score (nSPS) is 13.4. The van der Waals surface area contributed by atoms with Crippen LogP contribution in [0.4, 0.5) is 13.2 Å². The average molecular weight is 350 g/mol. The first-order chi connectivity index (χ1) is 11.6. The summed E-state index contributed by atoms with van der Waals surface area (Å²) < 4.78 is 44.4. The highest BCUT2D eigenvalue weighted by Gasteiger charge is 2.31. The van der Waals surface area contributed by atoms with Crippen LogP contribution in [-0.4, -0.2) is 11.6 Å². The van der Waals surface area contributed by atoms with Gasteiger partial charge in [-0.05, 0) is 38.0 Å². The molecule has 0 amide bonds. The van der Waals surface area contributed by atoms with E-state index in [1.54, 1.807) is 51.1 Å². The summed E-state index contributed by atoms with van der Waals surface area (Å²) in [5.74, 6) is -0.947. The predicted molar refractivity (Wildman–Crippen MR) is 90.2 cm³/mol. The van der Waals surface area contributed by atoms with Gasteiger partial charge in [0.1, 0.15) is 5.60 Å². The first-order valence-electron chi connectivity index (χ1n) is 8.00. The maximum absolute atomic E-state index is 13.0. The van der Waals surface area contributed by atoms with Crippen LogP contribution in [0.5, 0.6) is 0 Å². The molecule has 25 heavy (non-hydrogen) atoms. The highest BCUT2D eigenvalue weighted by Crippen LogP contribution is 2.34. The van der Waals surface area contributed by atoms with Gasteiger partial charge in [0.25, 0.3) is 0 Å². The van der Waals surface area contributed by atoms with Gasteiger partial charge in [-0.25, -0.2) is 0 Å². The average Bonchev–Trinajstić information content (AvgIpc) is 2.51. The van der Waals surface area contributed by atoms with Gasteiger partial charge >= 0.3 is 12.1 Å². The van der Waals surface area contributed by atoms with Crippen LogP contribution in [0.25, 0.3) is 0 Å². The molecular formula is C20H21F3O2. The molecule has 0 saturated carbocycles. The smallest absolute Gasteiger partial charge is 0.416 e. The monoisotopic (exact) mass is 350 g/mol. The van der Waals surface area contributed by atoms with Crippen LogP contribution in [-0.2, 0) is 15.7 Å². The Balaban J connectivity index is 2.38. The van der Waals surface area contributed by atoms with E-state index in [2.05, 4.69) is 0 Å². The SMILES string of the molecule is CC(C)(C)OC(=O)C[C@H](c1ccccc1)c1cccc(C(F)(F)F)c1. The molecule has 2 nitrogen and oxygen atoms in total. The predicted octanol–water partition coefficient (Wildman–Crippen LogP) is 5.57. The molecule has 0 aliphatic rings. The molecule has 5 heteroatoms. The molecule has 0 spiro atoms. The number of carbonyl (C=O) groups excluding carboxylic acids is 1. The van der Waals surface area contributed by atoms with Crippen molar-refractivity contribution in [2.75, 3.05) is 0 Å². The molecule has 2 aromatic carbocycles. The van der Waals surface area contributed by atoms with Crippen molar-refractivity contribution in [1.82, 2.24) is 0 Å². The largest absolute Gasteiger partial charge is 0.460 e. The Kier molecular flexibility index (Phi) is 5.55. The van der Waals surface area contributed by atoms with Crippen LogP contribution in [0.15, 0.2) is 54.6 Å². The van der Waals surface area contributed by atoms with E-state index in [0.29, 0.717) is 5.56 Å². The second-order valence-electron chi connectivity index (χ2n) is 6.88. The topological polar surface area (TPSA) is 26.3 Å². The molecule has 0 aliphatic carbocycles. The van der Waals surface area contributed by atoms with Crippen molar-refractivity contribution in [3.05, 3.63) is 71.3 Å². The van der Waals surface area contributed by atoms with Crippen LogP contribution in [0.2, 0.25) is 0 Å².